The van der Waals surface area contributed by atoms with E-state index >= 15 is 0 Å². The zero-order valence-electron chi connectivity index (χ0n) is 21.1. The molecule has 1 aliphatic rings. The highest BCUT2D eigenvalue weighted by molar-refractivity contribution is 5.28. The van der Waals surface area contributed by atoms with E-state index in [-0.39, 0.29) is 0 Å². The molecule has 0 saturated carbocycles. The van der Waals surface area contributed by atoms with Crippen LogP contribution in [-0.2, 0) is 6.54 Å². The van der Waals surface area contributed by atoms with Gasteiger partial charge in [-0.05, 0) is 77.3 Å². The van der Waals surface area contributed by atoms with Crippen LogP contribution in [0, 0.1) is 6.92 Å². The summed E-state index contributed by atoms with van der Waals surface area (Å²) in [6, 6.07) is 17.5. The molecule has 1 saturated heterocycles. The molecular weight excluding hydrogens is 412 g/mol. The Morgan fingerprint density at radius 1 is 0.879 bits per heavy atom. The predicted octanol–water partition coefficient (Wildman–Crippen LogP) is 4.90. The molecule has 0 radical (unpaired) electrons. The molecule has 5 heteroatoms. The van der Waals surface area contributed by atoms with Gasteiger partial charge in [-0.15, -0.1) is 0 Å². The van der Waals surface area contributed by atoms with Crippen LogP contribution < -0.4 is 9.47 Å². The van der Waals surface area contributed by atoms with Crippen molar-refractivity contribution in [3.05, 3.63) is 59.7 Å². The maximum Gasteiger partial charge on any atom is 0.119 e. The first-order chi connectivity index (χ1) is 15.7. The second-order valence-corrected chi connectivity index (χ2v) is 10.0. The molecule has 1 N–H and O–H groups in total. The Bertz CT molecular complexity index is 817. The Balaban J connectivity index is 1.39. The predicted molar refractivity (Wildman–Crippen MR) is 135 cm³/mol. The average molecular weight is 455 g/mol. The van der Waals surface area contributed by atoms with Crippen molar-refractivity contribution in [3.8, 4) is 11.5 Å². The van der Waals surface area contributed by atoms with Crippen LogP contribution >= 0.6 is 0 Å². The van der Waals surface area contributed by atoms with Crippen molar-refractivity contribution in [1.29, 1.82) is 0 Å². The van der Waals surface area contributed by atoms with Gasteiger partial charge >= 0.3 is 0 Å². The van der Waals surface area contributed by atoms with E-state index in [1.807, 2.05) is 24.3 Å². The van der Waals surface area contributed by atoms with Crippen LogP contribution in [0.5, 0.6) is 11.5 Å². The van der Waals surface area contributed by atoms with Crippen LogP contribution in [0.25, 0.3) is 0 Å². The first-order valence-corrected chi connectivity index (χ1v) is 12.4. The number of aryl methyl sites for hydroxylation is 1. The minimum absolute atomic E-state index is 0.348. The second kappa shape index (κ2) is 11.9. The first kappa shape index (κ1) is 25.5. The molecule has 3 rings (SSSR count). The van der Waals surface area contributed by atoms with Crippen LogP contribution in [-0.4, -0.2) is 65.4 Å². The van der Waals surface area contributed by atoms with Gasteiger partial charge in [0.1, 0.15) is 30.3 Å². The van der Waals surface area contributed by atoms with Gasteiger partial charge in [-0.1, -0.05) is 29.8 Å². The molecule has 33 heavy (non-hydrogen) atoms. The summed E-state index contributed by atoms with van der Waals surface area (Å²) in [7, 11) is 0. The van der Waals surface area contributed by atoms with Gasteiger partial charge in [0.05, 0.1) is 0 Å². The van der Waals surface area contributed by atoms with Gasteiger partial charge in [-0.25, -0.2) is 0 Å². The molecule has 2 aromatic carbocycles. The lowest BCUT2D eigenvalue weighted by Crippen LogP contribution is -2.47. The highest BCUT2D eigenvalue weighted by Gasteiger charge is 2.33. The standard InChI is InChI=1S/C28H42N2O3/c1-22(2)30(23(3)4)18-19-32-26-12-8-25(9-13-26)20-29-16-14-28(31,15-17-29)21-33-27-10-6-24(5)7-11-27/h6-13,22-23,31H,14-21H2,1-5H3. The summed E-state index contributed by atoms with van der Waals surface area (Å²) in [5, 5.41) is 10.9. The average Bonchev–Trinajstić information content (AvgIpc) is 2.79. The Morgan fingerprint density at radius 3 is 2.00 bits per heavy atom. The summed E-state index contributed by atoms with van der Waals surface area (Å²) in [6.07, 6.45) is 1.45. The maximum atomic E-state index is 10.9. The Hall–Kier alpha value is -2.08. The van der Waals surface area contributed by atoms with Crippen molar-refractivity contribution in [1.82, 2.24) is 9.80 Å². The van der Waals surface area contributed by atoms with Gasteiger partial charge in [0.2, 0.25) is 0 Å². The number of rotatable bonds is 11. The van der Waals surface area contributed by atoms with E-state index < -0.39 is 5.60 Å². The fraction of sp³-hybridized carbons (Fsp3) is 0.571. The van der Waals surface area contributed by atoms with E-state index in [0.29, 0.717) is 25.3 Å². The highest BCUT2D eigenvalue weighted by Crippen LogP contribution is 2.25. The van der Waals surface area contributed by atoms with Gasteiger partial charge < -0.3 is 14.6 Å². The summed E-state index contributed by atoms with van der Waals surface area (Å²) in [6.45, 7) is 15.6. The molecule has 0 unspecified atom stereocenters. The van der Waals surface area contributed by atoms with Gasteiger partial charge in [0.15, 0.2) is 0 Å². The number of hydrogen-bond donors (Lipinski definition) is 1. The van der Waals surface area contributed by atoms with Crippen molar-refractivity contribution in [3.63, 3.8) is 0 Å². The third-order valence-electron chi connectivity index (χ3n) is 6.59. The molecule has 0 aliphatic carbocycles. The molecule has 1 heterocycles. The first-order valence-electron chi connectivity index (χ1n) is 12.4. The zero-order chi connectivity index (χ0) is 23.8. The minimum Gasteiger partial charge on any atom is -0.492 e. The van der Waals surface area contributed by atoms with Crippen LogP contribution in [0.2, 0.25) is 0 Å². The third kappa shape index (κ3) is 8.02. The topological polar surface area (TPSA) is 45.2 Å². The minimum atomic E-state index is -0.751. The number of aliphatic hydroxyl groups is 1. The van der Waals surface area contributed by atoms with E-state index in [1.165, 1.54) is 11.1 Å². The SMILES string of the molecule is Cc1ccc(OCC2(O)CCN(Cc3ccc(OCCN(C(C)C)C(C)C)cc3)CC2)cc1. The number of hydrogen-bond acceptors (Lipinski definition) is 5. The lowest BCUT2D eigenvalue weighted by Gasteiger charge is -2.38. The normalized spacial score (nSPS) is 16.5. The number of benzene rings is 2. The zero-order valence-corrected chi connectivity index (χ0v) is 21.1. The summed E-state index contributed by atoms with van der Waals surface area (Å²) >= 11 is 0. The summed E-state index contributed by atoms with van der Waals surface area (Å²) in [5.74, 6) is 1.74. The van der Waals surface area contributed by atoms with E-state index in [2.05, 4.69) is 68.7 Å². The van der Waals surface area contributed by atoms with Crippen molar-refractivity contribution < 1.29 is 14.6 Å². The molecular formula is C28H42N2O3. The Morgan fingerprint density at radius 2 is 1.42 bits per heavy atom. The smallest absolute Gasteiger partial charge is 0.119 e. The van der Waals surface area contributed by atoms with Crippen LogP contribution in [0.4, 0.5) is 0 Å². The molecule has 1 fully saturated rings. The summed E-state index contributed by atoms with van der Waals surface area (Å²) < 4.78 is 11.8. The molecule has 0 spiro atoms. The Labute approximate surface area is 200 Å². The van der Waals surface area contributed by atoms with Gasteiger partial charge in [-0.2, -0.15) is 0 Å². The Kier molecular flexibility index (Phi) is 9.19. The second-order valence-electron chi connectivity index (χ2n) is 10.0. The van der Waals surface area contributed by atoms with Crippen LogP contribution in [0.3, 0.4) is 0 Å². The fourth-order valence-corrected chi connectivity index (χ4v) is 4.45. The van der Waals surface area contributed by atoms with Crippen molar-refractivity contribution in [2.45, 2.75) is 71.7 Å². The van der Waals surface area contributed by atoms with Gasteiger partial charge in [-0.3, -0.25) is 9.80 Å². The van der Waals surface area contributed by atoms with Crippen LogP contribution in [0.15, 0.2) is 48.5 Å². The van der Waals surface area contributed by atoms with Crippen molar-refractivity contribution in [2.24, 2.45) is 0 Å². The molecule has 0 amide bonds. The lowest BCUT2D eigenvalue weighted by atomic mass is 9.92. The van der Waals surface area contributed by atoms with E-state index in [1.54, 1.807) is 0 Å². The summed E-state index contributed by atoms with van der Waals surface area (Å²) in [4.78, 5) is 4.84. The number of piperidine rings is 1. The molecule has 0 aromatic heterocycles. The van der Waals surface area contributed by atoms with Crippen molar-refractivity contribution >= 4 is 0 Å². The molecule has 2 aromatic rings. The maximum absolute atomic E-state index is 10.9. The largest absolute Gasteiger partial charge is 0.492 e. The lowest BCUT2D eigenvalue weighted by molar-refractivity contribution is -0.0537. The number of likely N-dealkylation sites (tertiary alicyclic amines) is 1. The van der Waals surface area contributed by atoms with Gasteiger partial charge in [0.25, 0.3) is 0 Å². The molecule has 0 bridgehead atoms. The van der Waals surface area contributed by atoms with E-state index in [4.69, 9.17) is 9.47 Å². The number of ether oxygens (including phenoxy) is 2. The monoisotopic (exact) mass is 454 g/mol. The highest BCUT2D eigenvalue weighted by atomic mass is 16.5. The van der Waals surface area contributed by atoms with E-state index in [0.717, 1.165) is 50.5 Å². The van der Waals surface area contributed by atoms with E-state index in [9.17, 15) is 5.11 Å². The molecule has 182 valence electrons. The van der Waals surface area contributed by atoms with Crippen LogP contribution in [0.1, 0.15) is 51.7 Å². The molecule has 0 atom stereocenters. The molecule has 5 nitrogen and oxygen atoms in total. The number of nitrogens with zero attached hydrogens (tertiary/aromatic N) is 2. The summed E-state index contributed by atoms with van der Waals surface area (Å²) in [5.41, 5.74) is 1.73. The quantitative estimate of drug-likeness (QED) is 0.523. The van der Waals surface area contributed by atoms with Gasteiger partial charge in [0, 0.05) is 38.3 Å². The molecule has 1 aliphatic heterocycles. The fourth-order valence-electron chi connectivity index (χ4n) is 4.45. The van der Waals surface area contributed by atoms with Crippen molar-refractivity contribution in [2.75, 3.05) is 32.8 Å². The third-order valence-corrected chi connectivity index (χ3v) is 6.59.